The van der Waals surface area contributed by atoms with Gasteiger partial charge < -0.3 is 14.6 Å². The molecule has 1 aromatic carbocycles. The molecule has 27 heavy (non-hydrogen) atoms. The van der Waals surface area contributed by atoms with Crippen molar-refractivity contribution in [2.45, 2.75) is 19.3 Å². The van der Waals surface area contributed by atoms with E-state index in [0.29, 0.717) is 21.8 Å². The fourth-order valence-corrected chi connectivity index (χ4v) is 4.80. The van der Waals surface area contributed by atoms with Crippen molar-refractivity contribution in [2.75, 3.05) is 50.4 Å². The number of carbonyl (C=O) groups is 1. The van der Waals surface area contributed by atoms with Crippen LogP contribution >= 0.6 is 11.8 Å². The van der Waals surface area contributed by atoms with Crippen LogP contribution in [0.1, 0.15) is 12.5 Å². The lowest BCUT2D eigenvalue weighted by molar-refractivity contribution is -0.249. The van der Waals surface area contributed by atoms with Gasteiger partial charge in [0.1, 0.15) is 12.3 Å². The molecule has 148 valence electrons. The number of benzene rings is 1. The minimum Gasteiger partial charge on any atom is -0.368 e. The summed E-state index contributed by atoms with van der Waals surface area (Å²) in [5.41, 5.74) is 2.67. The minimum absolute atomic E-state index is 0.172. The second-order valence-electron chi connectivity index (χ2n) is 6.89. The molecule has 0 N–H and O–H groups in total. The predicted octanol–water partition coefficient (Wildman–Crippen LogP) is 3.31. The van der Waals surface area contributed by atoms with E-state index in [9.17, 15) is 18.0 Å². The highest BCUT2D eigenvalue weighted by atomic mass is 32.2. The fourth-order valence-electron chi connectivity index (χ4n) is 3.62. The van der Waals surface area contributed by atoms with E-state index < -0.39 is 12.3 Å². The zero-order valence-corrected chi connectivity index (χ0v) is 16.3. The lowest BCUT2D eigenvalue weighted by Crippen LogP contribution is -2.50. The summed E-state index contributed by atoms with van der Waals surface area (Å²) in [6, 6.07) is 6.51. The Hall–Kier alpha value is -1.51. The Labute approximate surface area is 162 Å². The summed E-state index contributed by atoms with van der Waals surface area (Å²) >= 11 is 1.35. The van der Waals surface area contributed by atoms with Crippen LogP contribution < -0.4 is 4.90 Å². The smallest absolute Gasteiger partial charge is 0.368 e. The normalized spacial score (nSPS) is 24.8. The van der Waals surface area contributed by atoms with Crippen LogP contribution in [0.4, 0.5) is 18.9 Å². The minimum atomic E-state index is -4.52. The molecule has 2 saturated heterocycles. The standard InChI is InChI=1S/C19H24F3N3OS/c1-14(18-17(13-26)25(11-12-27-18)19(20,21)22)15-5-3-4-6-16(15)24-9-7-23(2)8-10-24/h3-6,13,17H,7-12H2,1-2H3. The maximum Gasteiger partial charge on any atom is 0.460 e. The number of carbonyl (C=O) groups excluding carboxylic acids is 1. The first-order valence-corrected chi connectivity index (χ1v) is 9.96. The predicted molar refractivity (Wildman–Crippen MR) is 104 cm³/mol. The molecule has 2 aliphatic rings. The van der Waals surface area contributed by atoms with E-state index in [4.69, 9.17) is 0 Å². The molecular formula is C19H24F3N3OS. The van der Waals surface area contributed by atoms with E-state index >= 15 is 0 Å². The largest absolute Gasteiger partial charge is 0.460 e. The van der Waals surface area contributed by atoms with Gasteiger partial charge >= 0.3 is 6.30 Å². The molecule has 0 radical (unpaired) electrons. The Morgan fingerprint density at radius 3 is 2.44 bits per heavy atom. The highest BCUT2D eigenvalue weighted by molar-refractivity contribution is 8.03. The average Bonchev–Trinajstić information content (AvgIpc) is 2.66. The van der Waals surface area contributed by atoms with Crippen LogP contribution in [0, 0.1) is 0 Å². The summed E-state index contributed by atoms with van der Waals surface area (Å²) in [7, 11) is 2.08. The van der Waals surface area contributed by atoms with Crippen LogP contribution in [0.15, 0.2) is 29.2 Å². The number of hydrogen-bond acceptors (Lipinski definition) is 5. The van der Waals surface area contributed by atoms with Gasteiger partial charge in [0.2, 0.25) is 0 Å². The number of alkyl halides is 3. The quantitative estimate of drug-likeness (QED) is 0.574. The van der Waals surface area contributed by atoms with E-state index in [1.165, 1.54) is 11.8 Å². The fraction of sp³-hybridized carbons (Fsp3) is 0.526. The third kappa shape index (κ3) is 4.33. The molecule has 3 rings (SSSR count). The lowest BCUT2D eigenvalue weighted by atomic mass is 10.0. The maximum atomic E-state index is 13.3. The van der Waals surface area contributed by atoms with Gasteiger partial charge in [-0.25, -0.2) is 0 Å². The summed E-state index contributed by atoms with van der Waals surface area (Å²) < 4.78 is 40.0. The van der Waals surface area contributed by atoms with Crippen LogP contribution in [0.25, 0.3) is 5.57 Å². The molecule has 0 spiro atoms. The second-order valence-corrected chi connectivity index (χ2v) is 8.02. The molecule has 8 heteroatoms. The molecule has 0 aromatic heterocycles. The third-order valence-electron chi connectivity index (χ3n) is 5.17. The monoisotopic (exact) mass is 399 g/mol. The van der Waals surface area contributed by atoms with Crippen molar-refractivity contribution in [3.8, 4) is 0 Å². The first-order chi connectivity index (χ1) is 12.8. The Bertz CT molecular complexity index is 714. The van der Waals surface area contributed by atoms with Gasteiger partial charge in [-0.05, 0) is 25.6 Å². The van der Waals surface area contributed by atoms with E-state index in [1.54, 1.807) is 0 Å². The number of allylic oxidation sites excluding steroid dienone is 1. The topological polar surface area (TPSA) is 26.8 Å². The summed E-state index contributed by atoms with van der Waals surface area (Å²) in [4.78, 5) is 16.9. The molecule has 1 atom stereocenters. The Morgan fingerprint density at radius 1 is 1.15 bits per heavy atom. The SMILES string of the molecule is CC(=C1SCCN(C(F)(F)F)C1C=O)c1ccccc1N1CCN(C)CC1. The average molecular weight is 399 g/mol. The van der Waals surface area contributed by atoms with Gasteiger partial charge in [-0.3, -0.25) is 0 Å². The lowest BCUT2D eigenvalue weighted by Gasteiger charge is -2.37. The summed E-state index contributed by atoms with van der Waals surface area (Å²) in [6.45, 7) is 5.28. The van der Waals surface area contributed by atoms with Crippen LogP contribution in [0.3, 0.4) is 0 Å². The number of halogens is 3. The van der Waals surface area contributed by atoms with Crippen molar-refractivity contribution in [2.24, 2.45) is 0 Å². The van der Waals surface area contributed by atoms with Crippen molar-refractivity contribution in [3.63, 3.8) is 0 Å². The molecule has 2 fully saturated rings. The first kappa shape index (κ1) is 20.2. The van der Waals surface area contributed by atoms with E-state index in [-0.39, 0.29) is 6.54 Å². The number of anilines is 1. The van der Waals surface area contributed by atoms with Crippen LogP contribution in [0.5, 0.6) is 0 Å². The molecule has 0 saturated carbocycles. The van der Waals surface area contributed by atoms with Crippen molar-refractivity contribution in [1.29, 1.82) is 0 Å². The Morgan fingerprint density at radius 2 is 1.81 bits per heavy atom. The highest BCUT2D eigenvalue weighted by Crippen LogP contribution is 2.40. The summed E-state index contributed by atoms with van der Waals surface area (Å²) in [6.07, 6.45) is -4.11. The number of rotatable bonds is 3. The summed E-state index contributed by atoms with van der Waals surface area (Å²) in [5.74, 6) is 0.313. The molecule has 1 unspecified atom stereocenters. The number of likely N-dealkylation sites (N-methyl/N-ethyl adjacent to an activating group) is 1. The number of para-hydroxylation sites is 1. The van der Waals surface area contributed by atoms with Gasteiger partial charge in [-0.2, -0.15) is 18.1 Å². The van der Waals surface area contributed by atoms with Gasteiger partial charge in [0, 0.05) is 54.6 Å². The molecule has 0 amide bonds. The van der Waals surface area contributed by atoms with Crippen molar-refractivity contribution in [3.05, 3.63) is 34.7 Å². The number of aldehydes is 1. The number of thioether (sulfide) groups is 1. The summed E-state index contributed by atoms with van der Waals surface area (Å²) in [5, 5.41) is 0. The molecule has 0 aliphatic carbocycles. The molecule has 1 aromatic rings. The highest BCUT2D eigenvalue weighted by Gasteiger charge is 2.45. The van der Waals surface area contributed by atoms with Crippen LogP contribution in [-0.2, 0) is 4.79 Å². The first-order valence-electron chi connectivity index (χ1n) is 8.98. The van der Waals surface area contributed by atoms with Gasteiger partial charge in [-0.1, -0.05) is 18.2 Å². The van der Waals surface area contributed by atoms with Gasteiger partial charge in [0.05, 0.1) is 0 Å². The Kier molecular flexibility index (Phi) is 6.18. The third-order valence-corrected chi connectivity index (χ3v) is 6.42. The van der Waals surface area contributed by atoms with Crippen LogP contribution in [0.2, 0.25) is 0 Å². The Balaban J connectivity index is 1.99. The van der Waals surface area contributed by atoms with E-state index in [1.807, 2.05) is 31.2 Å². The van der Waals surface area contributed by atoms with Crippen molar-refractivity contribution in [1.82, 2.24) is 9.80 Å². The zero-order valence-electron chi connectivity index (χ0n) is 15.5. The van der Waals surface area contributed by atoms with Gasteiger partial charge in [0.25, 0.3) is 0 Å². The molecular weight excluding hydrogens is 375 g/mol. The molecule has 2 aliphatic heterocycles. The van der Waals surface area contributed by atoms with Crippen molar-refractivity contribution >= 4 is 29.3 Å². The number of hydrogen-bond donors (Lipinski definition) is 0. The van der Waals surface area contributed by atoms with Crippen molar-refractivity contribution < 1.29 is 18.0 Å². The second kappa shape index (κ2) is 8.24. The number of nitrogens with zero attached hydrogens (tertiary/aromatic N) is 3. The molecule has 4 nitrogen and oxygen atoms in total. The van der Waals surface area contributed by atoms with E-state index in [2.05, 4.69) is 16.8 Å². The van der Waals surface area contributed by atoms with E-state index in [0.717, 1.165) is 43.0 Å². The number of piperazine rings is 1. The van der Waals surface area contributed by atoms with Crippen LogP contribution in [-0.4, -0.2) is 74.0 Å². The van der Waals surface area contributed by atoms with Gasteiger partial charge in [-0.15, -0.1) is 11.8 Å². The zero-order chi connectivity index (χ0) is 19.6. The maximum absolute atomic E-state index is 13.3. The molecule has 2 heterocycles. The van der Waals surface area contributed by atoms with Gasteiger partial charge in [0.15, 0.2) is 0 Å². The molecule has 0 bridgehead atoms.